The van der Waals surface area contributed by atoms with E-state index in [0.29, 0.717) is 11.5 Å². The summed E-state index contributed by atoms with van der Waals surface area (Å²) in [5.41, 5.74) is 4.46. The summed E-state index contributed by atoms with van der Waals surface area (Å²) in [6.07, 6.45) is 0.727. The van der Waals surface area contributed by atoms with Crippen LogP contribution in [0.2, 0.25) is 0 Å². The molecule has 2 aromatic carbocycles. The number of ether oxygens (including phenoxy) is 2. The minimum absolute atomic E-state index is 0.123. The van der Waals surface area contributed by atoms with Crippen molar-refractivity contribution in [1.82, 2.24) is 4.57 Å². The quantitative estimate of drug-likeness (QED) is 0.385. The highest BCUT2D eigenvalue weighted by atomic mass is 16.5. The van der Waals surface area contributed by atoms with Gasteiger partial charge in [-0.25, -0.2) is 0 Å². The molecule has 2 aromatic heterocycles. The lowest BCUT2D eigenvalue weighted by Crippen LogP contribution is -2.12. The fourth-order valence-electron chi connectivity index (χ4n) is 3.81. The first-order valence-electron chi connectivity index (χ1n) is 10.4. The van der Waals surface area contributed by atoms with Gasteiger partial charge >= 0.3 is 5.97 Å². The van der Waals surface area contributed by atoms with Gasteiger partial charge in [-0.15, -0.1) is 0 Å². The van der Waals surface area contributed by atoms with Crippen molar-refractivity contribution in [1.29, 1.82) is 0 Å². The Kier molecular flexibility index (Phi) is 6.03. The monoisotopic (exact) mass is 431 g/mol. The molecule has 4 rings (SSSR count). The molecule has 0 radical (unpaired) electrons. The number of carboxylic acids is 1. The van der Waals surface area contributed by atoms with Gasteiger partial charge in [-0.05, 0) is 66.6 Å². The van der Waals surface area contributed by atoms with Gasteiger partial charge in [0.1, 0.15) is 23.8 Å². The Bertz CT molecular complexity index is 1150. The molecular weight excluding hydrogens is 406 g/mol. The molecule has 1 N–H and O–H groups in total. The van der Waals surface area contributed by atoms with Crippen molar-refractivity contribution in [3.63, 3.8) is 0 Å². The predicted octanol–water partition coefficient (Wildman–Crippen LogP) is 5.75. The number of carbonyl (C=O) groups is 1. The maximum atomic E-state index is 11.5. The molecule has 6 nitrogen and oxygen atoms in total. The van der Waals surface area contributed by atoms with Gasteiger partial charge in [0.05, 0.1) is 19.9 Å². The zero-order valence-electron chi connectivity index (χ0n) is 18.3. The van der Waals surface area contributed by atoms with Crippen molar-refractivity contribution >= 4 is 5.97 Å². The van der Waals surface area contributed by atoms with Gasteiger partial charge < -0.3 is 23.6 Å². The average molecular weight is 431 g/mol. The molecule has 0 bridgehead atoms. The molecule has 0 atom stereocenters. The van der Waals surface area contributed by atoms with Crippen LogP contribution in [0, 0.1) is 0 Å². The second kappa shape index (κ2) is 9.06. The molecule has 0 saturated carbocycles. The molecule has 0 spiro atoms. The SMILES string of the molecule is CCc1ccc(-c2cc(-c3ccc(OC)cc3)c(-c3ccc(OC)cc3)o2)n1CC(=O)O. The summed E-state index contributed by atoms with van der Waals surface area (Å²) >= 11 is 0. The zero-order chi connectivity index (χ0) is 22.7. The Labute approximate surface area is 186 Å². The summed E-state index contributed by atoms with van der Waals surface area (Å²) in [6, 6.07) is 21.3. The fourth-order valence-corrected chi connectivity index (χ4v) is 3.81. The van der Waals surface area contributed by atoms with Gasteiger partial charge in [0.25, 0.3) is 0 Å². The Morgan fingerprint density at radius 1 is 0.906 bits per heavy atom. The van der Waals surface area contributed by atoms with Crippen LogP contribution in [0.5, 0.6) is 11.5 Å². The number of hydrogen-bond donors (Lipinski definition) is 1. The molecule has 6 heteroatoms. The molecule has 0 saturated heterocycles. The third-order valence-corrected chi connectivity index (χ3v) is 5.46. The maximum absolute atomic E-state index is 11.5. The first-order chi connectivity index (χ1) is 15.5. The van der Waals surface area contributed by atoms with Crippen molar-refractivity contribution in [3.8, 4) is 45.4 Å². The molecular formula is C26H25NO5. The first kappa shape index (κ1) is 21.3. The van der Waals surface area contributed by atoms with Crippen molar-refractivity contribution in [2.45, 2.75) is 19.9 Å². The van der Waals surface area contributed by atoms with E-state index in [0.717, 1.165) is 46.0 Å². The van der Waals surface area contributed by atoms with Crippen LogP contribution in [-0.2, 0) is 17.8 Å². The molecule has 0 aliphatic heterocycles. The van der Waals surface area contributed by atoms with Crippen LogP contribution in [0.4, 0.5) is 0 Å². The van der Waals surface area contributed by atoms with E-state index < -0.39 is 5.97 Å². The second-order valence-corrected chi connectivity index (χ2v) is 7.35. The number of benzene rings is 2. The number of aryl methyl sites for hydroxylation is 1. The van der Waals surface area contributed by atoms with Crippen LogP contribution in [0.1, 0.15) is 12.6 Å². The van der Waals surface area contributed by atoms with Crippen molar-refractivity contribution < 1.29 is 23.8 Å². The summed E-state index contributed by atoms with van der Waals surface area (Å²) in [4.78, 5) is 11.5. The topological polar surface area (TPSA) is 73.8 Å². The summed E-state index contributed by atoms with van der Waals surface area (Å²) in [5, 5.41) is 9.42. The highest BCUT2D eigenvalue weighted by Crippen LogP contribution is 2.40. The molecule has 32 heavy (non-hydrogen) atoms. The van der Waals surface area contributed by atoms with Gasteiger partial charge in [0.15, 0.2) is 5.76 Å². The minimum Gasteiger partial charge on any atom is -0.497 e. The number of furan rings is 1. The highest BCUT2D eigenvalue weighted by molar-refractivity contribution is 5.84. The fraction of sp³-hybridized carbons (Fsp3) is 0.192. The highest BCUT2D eigenvalue weighted by Gasteiger charge is 2.20. The minimum atomic E-state index is -0.894. The van der Waals surface area contributed by atoms with E-state index in [1.165, 1.54) is 0 Å². The van der Waals surface area contributed by atoms with Crippen molar-refractivity contribution in [3.05, 3.63) is 72.4 Å². The summed E-state index contributed by atoms with van der Waals surface area (Å²) in [5.74, 6) is 1.95. The Balaban J connectivity index is 1.87. The number of rotatable bonds is 8. The first-order valence-corrected chi connectivity index (χ1v) is 10.4. The molecule has 0 unspecified atom stereocenters. The maximum Gasteiger partial charge on any atom is 0.323 e. The number of aliphatic carboxylic acids is 1. The molecule has 164 valence electrons. The normalized spacial score (nSPS) is 10.8. The molecule has 4 aromatic rings. The van der Waals surface area contributed by atoms with E-state index in [9.17, 15) is 9.90 Å². The lowest BCUT2D eigenvalue weighted by atomic mass is 10.0. The van der Waals surface area contributed by atoms with E-state index in [1.54, 1.807) is 18.8 Å². The van der Waals surface area contributed by atoms with Crippen molar-refractivity contribution in [2.75, 3.05) is 14.2 Å². The van der Waals surface area contributed by atoms with Gasteiger partial charge in [0.2, 0.25) is 0 Å². The number of carboxylic acid groups (broad SMARTS) is 1. The summed E-state index contributed by atoms with van der Waals surface area (Å²) in [7, 11) is 3.26. The van der Waals surface area contributed by atoms with Crippen LogP contribution < -0.4 is 9.47 Å². The number of aromatic nitrogens is 1. The zero-order valence-corrected chi connectivity index (χ0v) is 18.3. The predicted molar refractivity (Wildman–Crippen MR) is 123 cm³/mol. The molecule has 0 aliphatic rings. The Morgan fingerprint density at radius 2 is 1.50 bits per heavy atom. The van der Waals surface area contributed by atoms with E-state index in [-0.39, 0.29) is 6.54 Å². The summed E-state index contributed by atoms with van der Waals surface area (Å²) in [6.45, 7) is 1.88. The largest absolute Gasteiger partial charge is 0.497 e. The second-order valence-electron chi connectivity index (χ2n) is 7.35. The van der Waals surface area contributed by atoms with Gasteiger partial charge in [-0.2, -0.15) is 0 Å². The van der Waals surface area contributed by atoms with Crippen LogP contribution in [0.15, 0.2) is 71.1 Å². The third-order valence-electron chi connectivity index (χ3n) is 5.46. The van der Waals surface area contributed by atoms with Crippen LogP contribution >= 0.6 is 0 Å². The van der Waals surface area contributed by atoms with Crippen LogP contribution in [0.25, 0.3) is 33.9 Å². The molecule has 0 fully saturated rings. The van der Waals surface area contributed by atoms with E-state index in [2.05, 4.69) is 0 Å². The molecule has 0 aliphatic carbocycles. The Hall–Kier alpha value is -3.93. The van der Waals surface area contributed by atoms with Crippen LogP contribution in [0.3, 0.4) is 0 Å². The van der Waals surface area contributed by atoms with Crippen molar-refractivity contribution in [2.24, 2.45) is 0 Å². The lowest BCUT2D eigenvalue weighted by molar-refractivity contribution is -0.137. The average Bonchev–Trinajstić information content (AvgIpc) is 3.43. The molecule has 0 amide bonds. The molecule has 2 heterocycles. The summed E-state index contributed by atoms with van der Waals surface area (Å²) < 4.78 is 18.7. The van der Waals surface area contributed by atoms with Crippen LogP contribution in [-0.4, -0.2) is 29.9 Å². The van der Waals surface area contributed by atoms with E-state index in [1.807, 2.05) is 73.7 Å². The Morgan fingerprint density at radius 3 is 2.03 bits per heavy atom. The lowest BCUT2D eigenvalue weighted by Gasteiger charge is -2.08. The number of hydrogen-bond acceptors (Lipinski definition) is 4. The smallest absolute Gasteiger partial charge is 0.323 e. The van der Waals surface area contributed by atoms with Gasteiger partial charge in [-0.1, -0.05) is 19.1 Å². The standard InChI is InChI=1S/C26H25NO5/c1-4-19-9-14-23(27(19)16-25(28)29)24-15-22(17-5-10-20(30-2)11-6-17)26(32-24)18-7-12-21(31-3)13-8-18/h5-15H,4,16H2,1-3H3,(H,28,29). The van der Waals surface area contributed by atoms with Gasteiger partial charge in [-0.3, -0.25) is 4.79 Å². The number of nitrogens with zero attached hydrogens (tertiary/aromatic N) is 1. The van der Waals surface area contributed by atoms with E-state index in [4.69, 9.17) is 13.9 Å². The van der Waals surface area contributed by atoms with Gasteiger partial charge in [0, 0.05) is 16.8 Å². The third kappa shape index (κ3) is 4.12. The number of methoxy groups -OCH3 is 2. The van der Waals surface area contributed by atoms with E-state index >= 15 is 0 Å².